The largest absolute Gasteiger partial charge is 0.324 e. The number of nitrogens with zero attached hydrogens (tertiary/aromatic N) is 1. The van der Waals surface area contributed by atoms with E-state index in [0.717, 1.165) is 18.7 Å². The zero-order valence-corrected chi connectivity index (χ0v) is 17.5. The van der Waals surface area contributed by atoms with Crippen molar-refractivity contribution in [2.24, 2.45) is 0 Å². The second kappa shape index (κ2) is 10.2. The van der Waals surface area contributed by atoms with Gasteiger partial charge in [0.25, 0.3) is 0 Å². The van der Waals surface area contributed by atoms with E-state index < -0.39 is 10.0 Å². The van der Waals surface area contributed by atoms with Gasteiger partial charge in [0.2, 0.25) is 15.9 Å². The van der Waals surface area contributed by atoms with Crippen LogP contribution in [0.15, 0.2) is 54.6 Å². The molecule has 0 saturated heterocycles. The number of carbonyl (C=O) groups is 1. The number of amides is 1. The molecule has 0 bridgehead atoms. The maximum absolute atomic E-state index is 13.0. The molecule has 0 aliphatic carbocycles. The van der Waals surface area contributed by atoms with Crippen LogP contribution in [0.5, 0.6) is 0 Å². The monoisotopic (exact) mass is 403 g/mol. The van der Waals surface area contributed by atoms with E-state index in [1.165, 1.54) is 0 Å². The Morgan fingerprint density at radius 2 is 1.50 bits per heavy atom. The molecule has 1 atom stereocenters. The van der Waals surface area contributed by atoms with Crippen LogP contribution in [-0.2, 0) is 14.8 Å². The molecule has 0 spiro atoms. The lowest BCUT2D eigenvalue weighted by molar-refractivity contribution is -0.121. The summed E-state index contributed by atoms with van der Waals surface area (Å²) < 4.78 is 26.3. The number of carbonyl (C=O) groups excluding carboxylic acids is 1. The molecule has 0 heterocycles. The second-order valence-corrected chi connectivity index (χ2v) is 8.36. The van der Waals surface area contributed by atoms with Crippen molar-refractivity contribution in [3.63, 3.8) is 0 Å². The Balaban J connectivity index is 2.15. The zero-order valence-electron chi connectivity index (χ0n) is 16.7. The molecular weight excluding hydrogens is 374 g/mol. The van der Waals surface area contributed by atoms with Gasteiger partial charge in [-0.2, -0.15) is 0 Å². The SMILES string of the molecule is CCCS(=O)(=O)Nc1ccc(NC(=O)C(c2ccccc2)N(CC)CC)cc1. The fourth-order valence-electron chi connectivity index (χ4n) is 3.08. The first-order chi connectivity index (χ1) is 13.4. The predicted molar refractivity (Wildman–Crippen MR) is 115 cm³/mol. The lowest BCUT2D eigenvalue weighted by atomic mass is 10.0. The molecule has 2 N–H and O–H groups in total. The second-order valence-electron chi connectivity index (χ2n) is 6.52. The van der Waals surface area contributed by atoms with Crippen molar-refractivity contribution in [1.82, 2.24) is 4.90 Å². The number of nitrogens with one attached hydrogen (secondary N) is 2. The van der Waals surface area contributed by atoms with Gasteiger partial charge in [0.15, 0.2) is 0 Å². The molecule has 2 rings (SSSR count). The molecule has 0 aliphatic rings. The van der Waals surface area contributed by atoms with Gasteiger partial charge in [-0.3, -0.25) is 14.4 Å². The molecule has 1 unspecified atom stereocenters. The summed E-state index contributed by atoms with van der Waals surface area (Å²) in [4.78, 5) is 15.1. The van der Waals surface area contributed by atoms with E-state index in [-0.39, 0.29) is 17.7 Å². The van der Waals surface area contributed by atoms with E-state index in [2.05, 4.69) is 14.9 Å². The summed E-state index contributed by atoms with van der Waals surface area (Å²) in [5, 5.41) is 2.95. The van der Waals surface area contributed by atoms with Crippen LogP contribution in [0.3, 0.4) is 0 Å². The Morgan fingerprint density at radius 3 is 2.04 bits per heavy atom. The van der Waals surface area contributed by atoms with Gasteiger partial charge in [-0.05, 0) is 49.3 Å². The average Bonchev–Trinajstić information content (AvgIpc) is 2.67. The van der Waals surface area contributed by atoms with E-state index in [1.54, 1.807) is 24.3 Å². The third-order valence-electron chi connectivity index (χ3n) is 4.44. The lowest BCUT2D eigenvalue weighted by Crippen LogP contribution is -2.37. The molecule has 2 aromatic carbocycles. The van der Waals surface area contributed by atoms with E-state index in [0.29, 0.717) is 17.8 Å². The van der Waals surface area contributed by atoms with Crippen LogP contribution in [0.4, 0.5) is 11.4 Å². The minimum atomic E-state index is -3.33. The molecular formula is C21H29N3O3S. The number of anilines is 2. The van der Waals surface area contributed by atoms with Gasteiger partial charge in [0, 0.05) is 11.4 Å². The summed E-state index contributed by atoms with van der Waals surface area (Å²) in [5.74, 6) is -0.0390. The first-order valence-electron chi connectivity index (χ1n) is 9.60. The number of hydrogen-bond donors (Lipinski definition) is 2. The Hall–Kier alpha value is -2.38. The molecule has 0 radical (unpaired) electrons. The maximum Gasteiger partial charge on any atom is 0.246 e. The quantitative estimate of drug-likeness (QED) is 0.631. The molecule has 0 fully saturated rings. The summed E-state index contributed by atoms with van der Waals surface area (Å²) in [7, 11) is -3.33. The van der Waals surface area contributed by atoms with E-state index in [4.69, 9.17) is 0 Å². The standard InChI is InChI=1S/C21H29N3O3S/c1-4-16-28(26,27)23-19-14-12-18(13-15-19)22-21(25)20(24(5-2)6-3)17-10-8-7-9-11-17/h7-15,20,23H,4-6,16H2,1-3H3,(H,22,25). The van der Waals surface area contributed by atoms with E-state index in [9.17, 15) is 13.2 Å². The molecule has 0 aromatic heterocycles. The van der Waals surface area contributed by atoms with Crippen molar-refractivity contribution in [2.45, 2.75) is 33.2 Å². The van der Waals surface area contributed by atoms with Crippen LogP contribution >= 0.6 is 0 Å². The Morgan fingerprint density at radius 1 is 0.929 bits per heavy atom. The Kier molecular flexibility index (Phi) is 8.02. The van der Waals surface area contributed by atoms with Crippen molar-refractivity contribution in [3.8, 4) is 0 Å². The van der Waals surface area contributed by atoms with Gasteiger partial charge in [0.1, 0.15) is 6.04 Å². The first-order valence-corrected chi connectivity index (χ1v) is 11.3. The van der Waals surface area contributed by atoms with Crippen molar-refractivity contribution in [1.29, 1.82) is 0 Å². The third kappa shape index (κ3) is 6.07. The van der Waals surface area contributed by atoms with Crippen molar-refractivity contribution >= 4 is 27.3 Å². The molecule has 28 heavy (non-hydrogen) atoms. The summed E-state index contributed by atoms with van der Waals surface area (Å²) in [6.07, 6.45) is 0.551. The molecule has 0 aliphatic heterocycles. The lowest BCUT2D eigenvalue weighted by Gasteiger charge is -2.29. The highest BCUT2D eigenvalue weighted by atomic mass is 32.2. The van der Waals surface area contributed by atoms with Crippen LogP contribution in [0, 0.1) is 0 Å². The number of hydrogen-bond acceptors (Lipinski definition) is 4. The molecule has 152 valence electrons. The minimum Gasteiger partial charge on any atom is -0.324 e. The molecule has 0 saturated carbocycles. The van der Waals surface area contributed by atoms with Gasteiger partial charge < -0.3 is 5.32 Å². The van der Waals surface area contributed by atoms with Gasteiger partial charge in [-0.15, -0.1) is 0 Å². The van der Waals surface area contributed by atoms with Gasteiger partial charge in [-0.25, -0.2) is 8.42 Å². The summed E-state index contributed by atoms with van der Waals surface area (Å²) in [6.45, 7) is 7.38. The molecule has 7 heteroatoms. The van der Waals surface area contributed by atoms with Crippen molar-refractivity contribution < 1.29 is 13.2 Å². The molecule has 1 amide bonds. The third-order valence-corrected chi connectivity index (χ3v) is 5.93. The smallest absolute Gasteiger partial charge is 0.246 e. The van der Waals surface area contributed by atoms with Gasteiger partial charge in [0.05, 0.1) is 5.75 Å². The fourth-order valence-corrected chi connectivity index (χ4v) is 4.22. The number of rotatable bonds is 10. The van der Waals surface area contributed by atoms with Crippen LogP contribution in [-0.4, -0.2) is 38.1 Å². The van der Waals surface area contributed by atoms with Crippen molar-refractivity contribution in [3.05, 3.63) is 60.2 Å². The number of likely N-dealkylation sites (N-methyl/N-ethyl adjacent to an activating group) is 1. The van der Waals surface area contributed by atoms with Crippen molar-refractivity contribution in [2.75, 3.05) is 28.9 Å². The van der Waals surface area contributed by atoms with Crippen LogP contribution in [0.2, 0.25) is 0 Å². The van der Waals surface area contributed by atoms with Gasteiger partial charge >= 0.3 is 0 Å². The highest BCUT2D eigenvalue weighted by Gasteiger charge is 2.25. The molecule has 6 nitrogen and oxygen atoms in total. The molecule has 2 aromatic rings. The normalized spacial score (nSPS) is 12.6. The summed E-state index contributed by atoms with van der Waals surface area (Å²) in [6, 6.07) is 16.0. The highest BCUT2D eigenvalue weighted by molar-refractivity contribution is 7.92. The van der Waals surface area contributed by atoms with Crippen LogP contribution in [0.1, 0.15) is 38.8 Å². The average molecular weight is 404 g/mol. The summed E-state index contributed by atoms with van der Waals surface area (Å²) in [5.41, 5.74) is 2.04. The number of sulfonamides is 1. The van der Waals surface area contributed by atoms with Crippen LogP contribution in [0.25, 0.3) is 0 Å². The topological polar surface area (TPSA) is 78.5 Å². The van der Waals surface area contributed by atoms with E-state index >= 15 is 0 Å². The van der Waals surface area contributed by atoms with Gasteiger partial charge in [-0.1, -0.05) is 51.1 Å². The number of benzene rings is 2. The zero-order chi connectivity index (χ0) is 20.6. The highest BCUT2D eigenvalue weighted by Crippen LogP contribution is 2.23. The minimum absolute atomic E-state index is 0.0775. The Bertz CT molecular complexity index is 848. The Labute approximate surface area is 168 Å². The fraction of sp³-hybridized carbons (Fsp3) is 0.381. The maximum atomic E-state index is 13.0. The van der Waals surface area contributed by atoms with Crippen LogP contribution < -0.4 is 10.0 Å². The van der Waals surface area contributed by atoms with E-state index in [1.807, 2.05) is 51.1 Å². The predicted octanol–water partition coefficient (Wildman–Crippen LogP) is 3.86. The summed E-state index contributed by atoms with van der Waals surface area (Å²) >= 11 is 0. The first kappa shape index (κ1) is 21.9.